The minimum absolute atomic E-state index is 0.0414. The van der Waals surface area contributed by atoms with Crippen molar-refractivity contribution in [3.63, 3.8) is 0 Å². The number of hydrogen-bond donors (Lipinski definition) is 1. The molecule has 0 spiro atoms. The lowest BCUT2D eigenvalue weighted by Crippen LogP contribution is -2.27. The number of thiophene rings is 1. The summed E-state index contributed by atoms with van der Waals surface area (Å²) in [6, 6.07) is 12.8. The van der Waals surface area contributed by atoms with Crippen LogP contribution in [-0.2, 0) is 14.8 Å². The fourth-order valence-electron chi connectivity index (χ4n) is 4.38. The van der Waals surface area contributed by atoms with Gasteiger partial charge in [0.2, 0.25) is 10.0 Å². The molecule has 2 aromatic carbocycles. The lowest BCUT2D eigenvalue weighted by molar-refractivity contribution is 0.0519. The van der Waals surface area contributed by atoms with E-state index in [-0.39, 0.29) is 38.5 Å². The molecule has 0 unspecified atom stereocenters. The van der Waals surface area contributed by atoms with Crippen LogP contribution < -0.4 is 10.9 Å². The van der Waals surface area contributed by atoms with E-state index in [2.05, 4.69) is 10.4 Å². The van der Waals surface area contributed by atoms with E-state index >= 15 is 0 Å². The molecule has 0 aliphatic carbocycles. The van der Waals surface area contributed by atoms with Gasteiger partial charge in [0.05, 0.1) is 22.6 Å². The topological polar surface area (TPSA) is 128 Å². The monoisotopic (exact) mass is 566 g/mol. The second-order valence-electron chi connectivity index (χ2n) is 9.06. The number of aromatic nitrogens is 2. The molecule has 10 nitrogen and oxygen atoms in total. The Morgan fingerprint density at radius 2 is 1.72 bits per heavy atom. The number of carbonyl (C=O) groups is 2. The van der Waals surface area contributed by atoms with E-state index in [4.69, 9.17) is 4.74 Å². The number of esters is 1. The molecule has 2 aromatic heterocycles. The molecule has 1 fully saturated rings. The van der Waals surface area contributed by atoms with Crippen LogP contribution >= 0.6 is 11.3 Å². The number of aryl methyl sites for hydroxylation is 1. The third-order valence-corrected chi connectivity index (χ3v) is 9.25. The van der Waals surface area contributed by atoms with Gasteiger partial charge in [-0.05, 0) is 63.1 Å². The van der Waals surface area contributed by atoms with Crippen molar-refractivity contribution in [3.05, 3.63) is 81.1 Å². The fraction of sp³-hybridized carbons (Fsp3) is 0.259. The van der Waals surface area contributed by atoms with Gasteiger partial charge in [0.1, 0.15) is 5.00 Å². The number of amides is 1. The van der Waals surface area contributed by atoms with Gasteiger partial charge >= 0.3 is 5.97 Å². The second-order valence-corrected chi connectivity index (χ2v) is 11.9. The number of hydrogen-bond acceptors (Lipinski definition) is 8. The molecule has 0 saturated carbocycles. The summed E-state index contributed by atoms with van der Waals surface area (Å²) >= 11 is 1.08. The maximum absolute atomic E-state index is 13.6. The molecule has 1 amide bonds. The first kappa shape index (κ1) is 26.7. The first-order chi connectivity index (χ1) is 18.7. The van der Waals surface area contributed by atoms with Gasteiger partial charge in [0.25, 0.3) is 11.5 Å². The molecule has 39 heavy (non-hydrogen) atoms. The number of anilines is 1. The van der Waals surface area contributed by atoms with Crippen LogP contribution in [0.1, 0.15) is 46.2 Å². The summed E-state index contributed by atoms with van der Waals surface area (Å²) in [6.45, 7) is 4.68. The highest BCUT2D eigenvalue weighted by molar-refractivity contribution is 7.89. The molecule has 1 saturated heterocycles. The number of sulfonamides is 1. The summed E-state index contributed by atoms with van der Waals surface area (Å²) in [6.07, 6.45) is 1.65. The fourth-order valence-corrected chi connectivity index (χ4v) is 6.83. The summed E-state index contributed by atoms with van der Waals surface area (Å²) in [7, 11) is -3.61. The van der Waals surface area contributed by atoms with Crippen LogP contribution in [0.5, 0.6) is 0 Å². The van der Waals surface area contributed by atoms with Gasteiger partial charge in [0, 0.05) is 29.4 Å². The lowest BCUT2D eigenvalue weighted by atomic mass is 10.2. The predicted molar refractivity (Wildman–Crippen MR) is 148 cm³/mol. The Kier molecular flexibility index (Phi) is 7.34. The number of nitrogens with one attached hydrogen (secondary N) is 1. The van der Waals surface area contributed by atoms with Crippen molar-refractivity contribution in [2.45, 2.75) is 31.6 Å². The molecule has 3 heterocycles. The minimum Gasteiger partial charge on any atom is -0.461 e. The van der Waals surface area contributed by atoms with Crippen LogP contribution in [0.25, 0.3) is 16.5 Å². The van der Waals surface area contributed by atoms with E-state index in [0.29, 0.717) is 18.8 Å². The summed E-state index contributed by atoms with van der Waals surface area (Å²) in [5.41, 5.74) is 1.11. The zero-order valence-electron chi connectivity index (χ0n) is 21.3. The standard InChI is InChI=1S/C27H26N4O6S2/c1-3-37-27(34)23-21-16-38-25(22(21)26(33)31(29-23)19-10-6-17(2)7-11-19)28-24(32)18-8-12-20(13-9-18)39(35,36)30-14-4-5-15-30/h6-13,16H,3-5,14-15H2,1-2H3,(H,28,32). The van der Waals surface area contributed by atoms with Crippen LogP contribution in [-0.4, -0.2) is 54.1 Å². The van der Waals surface area contributed by atoms with Crippen LogP contribution in [0.3, 0.4) is 0 Å². The molecule has 12 heteroatoms. The van der Waals surface area contributed by atoms with Crippen LogP contribution in [0.15, 0.2) is 63.6 Å². The molecule has 0 radical (unpaired) electrons. The number of nitrogens with zero attached hydrogens (tertiary/aromatic N) is 3. The van der Waals surface area contributed by atoms with Gasteiger partial charge in [-0.3, -0.25) is 9.59 Å². The van der Waals surface area contributed by atoms with Crippen molar-refractivity contribution in [1.82, 2.24) is 14.1 Å². The van der Waals surface area contributed by atoms with E-state index in [9.17, 15) is 22.8 Å². The summed E-state index contributed by atoms with van der Waals surface area (Å²) in [5, 5.41) is 9.26. The Morgan fingerprint density at radius 1 is 1.05 bits per heavy atom. The van der Waals surface area contributed by atoms with Crippen molar-refractivity contribution < 1.29 is 22.7 Å². The lowest BCUT2D eigenvalue weighted by Gasteiger charge is -2.15. The number of rotatable bonds is 7. The quantitative estimate of drug-likeness (QED) is 0.335. The van der Waals surface area contributed by atoms with Gasteiger partial charge in [-0.15, -0.1) is 11.3 Å². The van der Waals surface area contributed by atoms with E-state index in [1.54, 1.807) is 24.4 Å². The first-order valence-electron chi connectivity index (χ1n) is 12.4. The summed E-state index contributed by atoms with van der Waals surface area (Å²) in [4.78, 5) is 39.5. The van der Waals surface area contributed by atoms with E-state index in [1.165, 1.54) is 28.6 Å². The predicted octanol–water partition coefficient (Wildman–Crippen LogP) is 3.97. The highest BCUT2D eigenvalue weighted by Crippen LogP contribution is 2.31. The highest BCUT2D eigenvalue weighted by atomic mass is 32.2. The Bertz CT molecular complexity index is 1720. The molecular formula is C27H26N4O6S2. The first-order valence-corrected chi connectivity index (χ1v) is 14.7. The Balaban J connectivity index is 1.51. The smallest absolute Gasteiger partial charge is 0.359 e. The van der Waals surface area contributed by atoms with E-state index < -0.39 is 27.5 Å². The molecule has 1 aliphatic heterocycles. The van der Waals surface area contributed by atoms with Gasteiger partial charge in [-0.1, -0.05) is 17.7 Å². The van der Waals surface area contributed by atoms with Crippen molar-refractivity contribution in [2.75, 3.05) is 25.0 Å². The average molecular weight is 567 g/mol. The third kappa shape index (κ3) is 5.10. The Hall–Kier alpha value is -3.87. The summed E-state index contributed by atoms with van der Waals surface area (Å²) in [5.74, 6) is -1.21. The zero-order valence-corrected chi connectivity index (χ0v) is 23.0. The minimum atomic E-state index is -3.61. The van der Waals surface area contributed by atoms with Crippen molar-refractivity contribution >= 4 is 49.0 Å². The third-order valence-electron chi connectivity index (χ3n) is 6.45. The Morgan fingerprint density at radius 3 is 2.36 bits per heavy atom. The molecule has 1 aliphatic rings. The van der Waals surface area contributed by atoms with Gasteiger partial charge in [0.15, 0.2) is 5.69 Å². The highest BCUT2D eigenvalue weighted by Gasteiger charge is 2.27. The molecular weight excluding hydrogens is 540 g/mol. The molecule has 202 valence electrons. The van der Waals surface area contributed by atoms with Crippen molar-refractivity contribution in [3.8, 4) is 5.69 Å². The number of carbonyl (C=O) groups excluding carboxylic acids is 2. The van der Waals surface area contributed by atoms with Crippen LogP contribution in [0.4, 0.5) is 5.00 Å². The second kappa shape index (κ2) is 10.7. The molecule has 1 N–H and O–H groups in total. The summed E-state index contributed by atoms with van der Waals surface area (Å²) < 4.78 is 33.3. The molecule has 0 atom stereocenters. The number of ether oxygens (including phenoxy) is 1. The maximum Gasteiger partial charge on any atom is 0.359 e. The number of benzene rings is 2. The zero-order chi connectivity index (χ0) is 27.7. The van der Waals surface area contributed by atoms with Crippen LogP contribution in [0.2, 0.25) is 0 Å². The van der Waals surface area contributed by atoms with Gasteiger partial charge in [-0.25, -0.2) is 13.2 Å². The molecule has 0 bridgehead atoms. The molecule has 4 aromatic rings. The van der Waals surface area contributed by atoms with Gasteiger partial charge < -0.3 is 10.1 Å². The molecule has 5 rings (SSSR count). The van der Waals surface area contributed by atoms with Crippen molar-refractivity contribution in [2.24, 2.45) is 0 Å². The van der Waals surface area contributed by atoms with Gasteiger partial charge in [-0.2, -0.15) is 14.1 Å². The van der Waals surface area contributed by atoms with E-state index in [1.807, 2.05) is 19.1 Å². The SMILES string of the molecule is CCOC(=O)c1nn(-c2ccc(C)cc2)c(=O)c2c(NC(=O)c3ccc(S(=O)(=O)N4CCCC4)cc3)scc12. The largest absolute Gasteiger partial charge is 0.461 e. The normalized spacial score (nSPS) is 14.0. The average Bonchev–Trinajstić information content (AvgIpc) is 3.62. The van der Waals surface area contributed by atoms with Crippen molar-refractivity contribution in [1.29, 1.82) is 0 Å². The van der Waals surface area contributed by atoms with Crippen LogP contribution in [0, 0.1) is 6.92 Å². The number of fused-ring (bicyclic) bond motifs is 1. The maximum atomic E-state index is 13.6. The Labute approximate surface area is 228 Å². The van der Waals surface area contributed by atoms with E-state index in [0.717, 1.165) is 34.4 Å².